The number of hydrogen-bond acceptors (Lipinski definition) is 3. The van der Waals surface area contributed by atoms with Crippen molar-refractivity contribution in [2.75, 3.05) is 5.73 Å². The molecule has 0 bridgehead atoms. The quantitative estimate of drug-likeness (QED) is 0.789. The Balaban J connectivity index is 2.36. The maximum atomic E-state index is 6.35. The van der Waals surface area contributed by atoms with Gasteiger partial charge < -0.3 is 5.73 Å². The van der Waals surface area contributed by atoms with Gasteiger partial charge in [0.15, 0.2) is 5.65 Å². The normalized spacial score (nSPS) is 11.4. The first-order chi connectivity index (χ1) is 9.52. The number of nitrogens with two attached hydrogens (primary N) is 1. The fourth-order valence-electron chi connectivity index (χ4n) is 2.47. The molecule has 0 spiro atoms. The number of imidazole rings is 1. The molecule has 0 radical (unpaired) electrons. The van der Waals surface area contributed by atoms with Crippen LogP contribution in [0.3, 0.4) is 0 Å². The molecule has 3 aromatic rings. The second kappa shape index (κ2) is 4.52. The molecule has 0 atom stereocenters. The van der Waals surface area contributed by atoms with Crippen LogP contribution in [0.25, 0.3) is 16.9 Å². The van der Waals surface area contributed by atoms with E-state index in [1.807, 2.05) is 36.7 Å². The molecular weight excluding hydrogens is 274 g/mol. The third kappa shape index (κ3) is 1.78. The summed E-state index contributed by atoms with van der Waals surface area (Å²) in [4.78, 5) is 4.44. The summed E-state index contributed by atoms with van der Waals surface area (Å²) in [5.41, 5.74) is 10.7. The van der Waals surface area contributed by atoms with Gasteiger partial charge in [-0.25, -0.2) is 9.67 Å². The van der Waals surface area contributed by atoms with Crippen LogP contribution in [0.15, 0.2) is 18.2 Å². The Kier molecular flexibility index (Phi) is 2.94. The van der Waals surface area contributed by atoms with Crippen LogP contribution in [0.2, 0.25) is 5.02 Å². The van der Waals surface area contributed by atoms with Crippen LogP contribution in [-0.2, 0) is 13.5 Å². The minimum absolute atomic E-state index is 0.424. The summed E-state index contributed by atoms with van der Waals surface area (Å²) in [6.07, 6.45) is 0.815. The Morgan fingerprint density at radius 3 is 2.75 bits per heavy atom. The highest BCUT2D eigenvalue weighted by Crippen LogP contribution is 2.29. The van der Waals surface area contributed by atoms with E-state index in [0.29, 0.717) is 11.0 Å². The third-order valence-corrected chi connectivity index (χ3v) is 3.71. The highest BCUT2D eigenvalue weighted by Gasteiger charge is 2.19. The van der Waals surface area contributed by atoms with Crippen molar-refractivity contribution in [3.63, 3.8) is 0 Å². The second-order valence-corrected chi connectivity index (χ2v) is 5.26. The molecule has 2 heterocycles. The summed E-state index contributed by atoms with van der Waals surface area (Å²) in [6.45, 7) is 4.05. The topological polar surface area (TPSA) is 61.7 Å². The third-order valence-electron chi connectivity index (χ3n) is 3.41. The molecule has 0 amide bonds. The summed E-state index contributed by atoms with van der Waals surface area (Å²) in [5.74, 6) is 0.424. The average molecular weight is 290 g/mol. The smallest absolute Gasteiger partial charge is 0.207 e. The Labute approximate surface area is 122 Å². The molecule has 0 saturated carbocycles. The van der Waals surface area contributed by atoms with Crippen molar-refractivity contribution < 1.29 is 0 Å². The van der Waals surface area contributed by atoms with Crippen molar-refractivity contribution >= 4 is 28.7 Å². The summed E-state index contributed by atoms with van der Waals surface area (Å²) < 4.78 is 3.65. The largest absolute Gasteiger partial charge is 0.369 e. The Bertz CT molecular complexity index is 800. The number of nitrogen functional groups attached to an aromatic ring is 1. The standard InChI is InChI=1S/C14H16ClN5/c1-4-10-12-13(19(3)18-10)20(14(16)17-12)11-6-5-8(2)7-9(11)15/h5-7H,4H2,1-3H3,(H2,16,17). The zero-order valence-corrected chi connectivity index (χ0v) is 12.4. The SMILES string of the molecule is CCc1nn(C)c2c1nc(N)n2-c1ccc(C)cc1Cl. The Hall–Kier alpha value is -2.01. The zero-order chi connectivity index (χ0) is 14.4. The van der Waals surface area contributed by atoms with Crippen molar-refractivity contribution in [1.82, 2.24) is 19.3 Å². The van der Waals surface area contributed by atoms with Crippen LogP contribution < -0.4 is 5.73 Å². The molecule has 0 fully saturated rings. The predicted molar refractivity (Wildman–Crippen MR) is 81.4 cm³/mol. The van der Waals surface area contributed by atoms with E-state index in [9.17, 15) is 0 Å². The molecule has 0 aliphatic heterocycles. The minimum atomic E-state index is 0.424. The average Bonchev–Trinajstić information content (AvgIpc) is 2.87. The lowest BCUT2D eigenvalue weighted by atomic mass is 10.2. The highest BCUT2D eigenvalue weighted by atomic mass is 35.5. The van der Waals surface area contributed by atoms with Crippen LogP contribution in [0.5, 0.6) is 0 Å². The molecule has 20 heavy (non-hydrogen) atoms. The molecule has 0 aliphatic carbocycles. The van der Waals surface area contributed by atoms with E-state index < -0.39 is 0 Å². The maximum Gasteiger partial charge on any atom is 0.207 e. The summed E-state index contributed by atoms with van der Waals surface area (Å²) >= 11 is 6.35. The Morgan fingerprint density at radius 2 is 2.10 bits per heavy atom. The van der Waals surface area contributed by atoms with Gasteiger partial charge in [0.25, 0.3) is 0 Å². The zero-order valence-electron chi connectivity index (χ0n) is 11.7. The molecule has 2 aromatic heterocycles. The van der Waals surface area contributed by atoms with Crippen molar-refractivity contribution in [2.45, 2.75) is 20.3 Å². The van der Waals surface area contributed by atoms with Crippen LogP contribution in [0, 0.1) is 6.92 Å². The molecule has 2 N–H and O–H groups in total. The van der Waals surface area contributed by atoms with Crippen LogP contribution in [0.1, 0.15) is 18.2 Å². The second-order valence-electron chi connectivity index (χ2n) is 4.86. The molecule has 3 rings (SSSR count). The number of fused-ring (bicyclic) bond motifs is 1. The van der Waals surface area contributed by atoms with Gasteiger partial charge >= 0.3 is 0 Å². The Morgan fingerprint density at radius 1 is 1.35 bits per heavy atom. The van der Waals surface area contributed by atoms with Gasteiger partial charge in [-0.2, -0.15) is 5.10 Å². The molecular formula is C14H16ClN5. The van der Waals surface area contributed by atoms with Gasteiger partial charge in [0.1, 0.15) is 5.52 Å². The van der Waals surface area contributed by atoms with Gasteiger partial charge in [-0.15, -0.1) is 0 Å². The number of benzene rings is 1. The predicted octanol–water partition coefficient (Wildman–Crippen LogP) is 2.87. The number of rotatable bonds is 2. The molecule has 1 aromatic carbocycles. The first kappa shape index (κ1) is 13.0. The number of anilines is 1. The van der Waals surface area contributed by atoms with E-state index in [-0.39, 0.29) is 0 Å². The first-order valence-corrected chi connectivity index (χ1v) is 6.87. The molecule has 104 valence electrons. The van der Waals surface area contributed by atoms with E-state index in [4.69, 9.17) is 17.3 Å². The van der Waals surface area contributed by atoms with Crippen molar-refractivity contribution in [3.05, 3.63) is 34.5 Å². The number of aryl methyl sites for hydroxylation is 3. The van der Waals surface area contributed by atoms with E-state index >= 15 is 0 Å². The molecule has 0 aliphatic rings. The fraction of sp³-hybridized carbons (Fsp3) is 0.286. The lowest BCUT2D eigenvalue weighted by molar-refractivity contribution is 0.751. The number of aromatic nitrogens is 4. The van der Waals surface area contributed by atoms with E-state index in [1.165, 1.54) is 0 Å². The molecule has 0 saturated heterocycles. The number of nitrogens with zero attached hydrogens (tertiary/aromatic N) is 4. The van der Waals surface area contributed by atoms with Gasteiger partial charge in [-0.3, -0.25) is 4.57 Å². The van der Waals surface area contributed by atoms with Crippen LogP contribution >= 0.6 is 11.6 Å². The fourth-order valence-corrected chi connectivity index (χ4v) is 2.78. The van der Waals surface area contributed by atoms with Gasteiger partial charge in [0, 0.05) is 7.05 Å². The van der Waals surface area contributed by atoms with E-state index in [2.05, 4.69) is 17.0 Å². The summed E-state index contributed by atoms with van der Waals surface area (Å²) in [6, 6.07) is 5.87. The van der Waals surface area contributed by atoms with E-state index in [1.54, 1.807) is 4.68 Å². The summed E-state index contributed by atoms with van der Waals surface area (Å²) in [7, 11) is 1.89. The highest BCUT2D eigenvalue weighted by molar-refractivity contribution is 6.32. The first-order valence-electron chi connectivity index (χ1n) is 6.49. The van der Waals surface area contributed by atoms with Crippen molar-refractivity contribution in [2.24, 2.45) is 7.05 Å². The monoisotopic (exact) mass is 289 g/mol. The van der Waals surface area contributed by atoms with Gasteiger partial charge in [-0.05, 0) is 31.0 Å². The van der Waals surface area contributed by atoms with Crippen molar-refractivity contribution in [1.29, 1.82) is 0 Å². The van der Waals surface area contributed by atoms with Gasteiger partial charge in [0.05, 0.1) is 16.4 Å². The molecule has 0 unspecified atom stereocenters. The van der Waals surface area contributed by atoms with Gasteiger partial charge in [-0.1, -0.05) is 24.6 Å². The molecule has 6 heteroatoms. The number of hydrogen-bond donors (Lipinski definition) is 1. The van der Waals surface area contributed by atoms with Crippen molar-refractivity contribution in [3.8, 4) is 5.69 Å². The lowest BCUT2D eigenvalue weighted by Crippen LogP contribution is -2.05. The van der Waals surface area contributed by atoms with E-state index in [0.717, 1.165) is 34.5 Å². The maximum absolute atomic E-state index is 6.35. The van der Waals surface area contributed by atoms with Crippen LogP contribution in [0.4, 0.5) is 5.95 Å². The lowest BCUT2D eigenvalue weighted by Gasteiger charge is -2.09. The van der Waals surface area contributed by atoms with Crippen LogP contribution in [-0.4, -0.2) is 19.3 Å². The summed E-state index contributed by atoms with van der Waals surface area (Å²) in [5, 5.41) is 5.13. The number of halogens is 1. The minimum Gasteiger partial charge on any atom is -0.369 e. The van der Waals surface area contributed by atoms with Gasteiger partial charge in [0.2, 0.25) is 5.95 Å². The molecule has 5 nitrogen and oxygen atoms in total.